The fourth-order valence-corrected chi connectivity index (χ4v) is 1.13. The summed E-state index contributed by atoms with van der Waals surface area (Å²) in [6, 6.07) is 3.00. The van der Waals surface area contributed by atoms with Gasteiger partial charge in [0.15, 0.2) is 6.29 Å². The third-order valence-electron chi connectivity index (χ3n) is 1.85. The molecule has 1 aromatic carbocycles. The van der Waals surface area contributed by atoms with E-state index in [0.29, 0.717) is 6.29 Å². The van der Waals surface area contributed by atoms with Crippen molar-refractivity contribution in [2.75, 3.05) is 6.61 Å². The molecule has 0 spiro atoms. The number of rotatable bonds is 4. The first-order valence-electron chi connectivity index (χ1n) is 4.56. The van der Waals surface area contributed by atoms with Crippen molar-refractivity contribution in [1.82, 2.24) is 0 Å². The van der Waals surface area contributed by atoms with Crippen molar-refractivity contribution in [1.29, 1.82) is 0 Å². The van der Waals surface area contributed by atoms with Crippen molar-refractivity contribution in [2.24, 2.45) is 0 Å². The van der Waals surface area contributed by atoms with Crippen LogP contribution in [0.2, 0.25) is 0 Å². The first kappa shape index (κ1) is 12.0. The summed E-state index contributed by atoms with van der Waals surface area (Å²) < 4.78 is 17.3. The van der Waals surface area contributed by atoms with E-state index in [1.807, 2.05) is 0 Å². The van der Waals surface area contributed by atoms with Gasteiger partial charge < -0.3 is 4.74 Å². The summed E-state index contributed by atoms with van der Waals surface area (Å²) in [6.45, 7) is 1.58. The number of halogens is 1. The largest absolute Gasteiger partial charge is 0.460 e. The molecule has 1 aromatic rings. The molecule has 0 aliphatic rings. The maximum absolute atomic E-state index is 12.9. The van der Waals surface area contributed by atoms with Gasteiger partial charge in [0, 0.05) is 11.1 Å². The summed E-state index contributed by atoms with van der Waals surface area (Å²) in [6.07, 6.45) is 0.381. The number of benzene rings is 1. The fraction of sp³-hybridized carbons (Fsp3) is 0.182. The molecule has 0 saturated heterocycles. The van der Waals surface area contributed by atoms with Gasteiger partial charge >= 0.3 is 5.97 Å². The number of carbonyl (C=O) groups excluding carboxylic acids is 3. The fourth-order valence-electron chi connectivity index (χ4n) is 1.13. The Morgan fingerprint density at radius 1 is 1.44 bits per heavy atom. The lowest BCUT2D eigenvalue weighted by Crippen LogP contribution is -2.19. The normalized spacial score (nSPS) is 9.62. The number of esters is 1. The number of hydrogen-bond acceptors (Lipinski definition) is 4. The van der Waals surface area contributed by atoms with Crippen molar-refractivity contribution < 1.29 is 23.5 Å². The molecule has 16 heavy (non-hydrogen) atoms. The monoisotopic (exact) mass is 224 g/mol. The van der Waals surface area contributed by atoms with E-state index in [-0.39, 0.29) is 17.7 Å². The Morgan fingerprint density at radius 2 is 2.12 bits per heavy atom. The van der Waals surface area contributed by atoms with Crippen molar-refractivity contribution >= 4 is 18.0 Å². The first-order valence-corrected chi connectivity index (χ1v) is 4.56. The van der Waals surface area contributed by atoms with E-state index in [1.54, 1.807) is 0 Å². The molecular weight excluding hydrogens is 215 g/mol. The first-order chi connectivity index (χ1) is 7.60. The second-order valence-corrected chi connectivity index (χ2v) is 2.90. The van der Waals surface area contributed by atoms with Gasteiger partial charge in [-0.05, 0) is 25.1 Å². The van der Waals surface area contributed by atoms with Crippen molar-refractivity contribution in [3.8, 4) is 0 Å². The second kappa shape index (κ2) is 5.16. The van der Waals surface area contributed by atoms with Crippen molar-refractivity contribution in [3.05, 3.63) is 35.1 Å². The van der Waals surface area contributed by atoms with E-state index < -0.39 is 17.6 Å². The highest BCUT2D eigenvalue weighted by Gasteiger charge is 2.21. The summed E-state index contributed by atoms with van der Waals surface area (Å²) in [7, 11) is 0. The average molecular weight is 224 g/mol. The Kier molecular flexibility index (Phi) is 3.88. The molecule has 1 rings (SSSR count). The molecule has 0 unspecified atom stereocenters. The molecule has 0 bridgehead atoms. The molecule has 0 amide bonds. The minimum atomic E-state index is -1.10. The van der Waals surface area contributed by atoms with Crippen LogP contribution in [0.1, 0.15) is 27.6 Å². The zero-order valence-electron chi connectivity index (χ0n) is 8.53. The Bertz CT molecular complexity index is 440. The topological polar surface area (TPSA) is 60.4 Å². The van der Waals surface area contributed by atoms with Crippen LogP contribution in [0.15, 0.2) is 18.2 Å². The minimum absolute atomic E-state index is 0.0380. The lowest BCUT2D eigenvalue weighted by Gasteiger charge is -2.03. The minimum Gasteiger partial charge on any atom is -0.460 e. The molecular formula is C11H9FO4. The van der Waals surface area contributed by atoms with Crippen LogP contribution in [0, 0.1) is 5.82 Å². The number of hydrogen-bond donors (Lipinski definition) is 0. The highest BCUT2D eigenvalue weighted by atomic mass is 19.1. The number of ether oxygens (including phenoxy) is 1. The summed E-state index contributed by atoms with van der Waals surface area (Å²) in [5, 5.41) is 0. The summed E-state index contributed by atoms with van der Waals surface area (Å²) in [5.41, 5.74) is -0.326. The van der Waals surface area contributed by atoms with Gasteiger partial charge in [-0.1, -0.05) is 0 Å². The van der Waals surface area contributed by atoms with Crippen LogP contribution < -0.4 is 0 Å². The Labute approximate surface area is 91.0 Å². The Hall–Kier alpha value is -2.04. The van der Waals surface area contributed by atoms with Crippen LogP contribution in [-0.2, 0) is 9.53 Å². The molecule has 0 saturated carbocycles. The summed E-state index contributed by atoms with van der Waals surface area (Å²) in [5.74, 6) is -2.82. The maximum Gasteiger partial charge on any atom is 0.379 e. The van der Waals surface area contributed by atoms with Gasteiger partial charge in [0.1, 0.15) is 5.82 Å². The number of aldehydes is 1. The number of Topliss-reactive ketones (excluding diaryl/α,β-unsaturated/α-hetero) is 1. The highest BCUT2D eigenvalue weighted by Crippen LogP contribution is 2.11. The van der Waals surface area contributed by atoms with Crippen LogP contribution in [0.3, 0.4) is 0 Å². The van der Waals surface area contributed by atoms with Crippen LogP contribution in [-0.4, -0.2) is 24.6 Å². The van der Waals surface area contributed by atoms with Crippen LogP contribution in [0.5, 0.6) is 0 Å². The molecule has 4 nitrogen and oxygen atoms in total. The smallest absolute Gasteiger partial charge is 0.379 e. The van der Waals surface area contributed by atoms with E-state index >= 15 is 0 Å². The molecule has 0 atom stereocenters. The van der Waals surface area contributed by atoms with Crippen LogP contribution in [0.4, 0.5) is 4.39 Å². The standard InChI is InChI=1S/C11H9FO4/c1-2-16-11(15)10(14)9-5-8(12)4-3-7(9)6-13/h3-6H,2H2,1H3. The Morgan fingerprint density at radius 3 is 2.69 bits per heavy atom. The van der Waals surface area contributed by atoms with E-state index in [2.05, 4.69) is 4.74 Å². The summed E-state index contributed by atoms with van der Waals surface area (Å²) in [4.78, 5) is 33.2. The molecule has 0 radical (unpaired) electrons. The summed E-state index contributed by atoms with van der Waals surface area (Å²) >= 11 is 0. The predicted molar refractivity (Wildman–Crippen MR) is 52.8 cm³/mol. The van der Waals surface area contributed by atoms with E-state index in [9.17, 15) is 18.8 Å². The third-order valence-corrected chi connectivity index (χ3v) is 1.85. The zero-order chi connectivity index (χ0) is 12.1. The molecule has 0 N–H and O–H groups in total. The van der Waals surface area contributed by atoms with E-state index in [4.69, 9.17) is 0 Å². The van der Waals surface area contributed by atoms with Gasteiger partial charge in [-0.3, -0.25) is 9.59 Å². The van der Waals surface area contributed by atoms with Gasteiger partial charge in [0.2, 0.25) is 0 Å². The number of carbonyl (C=O) groups is 3. The molecule has 0 aromatic heterocycles. The molecule has 84 valence electrons. The van der Waals surface area contributed by atoms with Crippen molar-refractivity contribution in [3.63, 3.8) is 0 Å². The maximum atomic E-state index is 12.9. The van der Waals surface area contributed by atoms with Gasteiger partial charge in [0.25, 0.3) is 5.78 Å². The Balaban J connectivity index is 3.11. The van der Waals surface area contributed by atoms with Gasteiger partial charge in [-0.2, -0.15) is 0 Å². The molecule has 0 fully saturated rings. The zero-order valence-corrected chi connectivity index (χ0v) is 8.53. The SMILES string of the molecule is CCOC(=O)C(=O)c1cc(F)ccc1C=O. The average Bonchev–Trinajstić information content (AvgIpc) is 2.28. The van der Waals surface area contributed by atoms with Gasteiger partial charge in [-0.15, -0.1) is 0 Å². The lowest BCUT2D eigenvalue weighted by atomic mass is 10.0. The third kappa shape index (κ3) is 2.50. The van der Waals surface area contributed by atoms with E-state index in [1.165, 1.54) is 6.92 Å². The van der Waals surface area contributed by atoms with E-state index in [0.717, 1.165) is 18.2 Å². The van der Waals surface area contributed by atoms with Gasteiger partial charge in [-0.25, -0.2) is 9.18 Å². The van der Waals surface area contributed by atoms with Gasteiger partial charge in [0.05, 0.1) is 6.61 Å². The van der Waals surface area contributed by atoms with Crippen molar-refractivity contribution in [2.45, 2.75) is 6.92 Å². The molecule has 5 heteroatoms. The quantitative estimate of drug-likeness (QED) is 0.335. The number of ketones is 1. The second-order valence-electron chi connectivity index (χ2n) is 2.90. The predicted octanol–water partition coefficient (Wildman–Crippen LogP) is 1.38. The lowest BCUT2D eigenvalue weighted by molar-refractivity contribution is -0.137. The molecule has 0 aliphatic heterocycles. The molecule has 0 heterocycles. The highest BCUT2D eigenvalue weighted by molar-refractivity contribution is 6.41. The molecule has 0 aliphatic carbocycles. The van der Waals surface area contributed by atoms with Crippen LogP contribution in [0.25, 0.3) is 0 Å². The van der Waals surface area contributed by atoms with Crippen LogP contribution >= 0.6 is 0 Å².